The van der Waals surface area contributed by atoms with E-state index >= 15 is 0 Å². The number of nitrogens with one attached hydrogen (secondary N) is 1. The van der Waals surface area contributed by atoms with Crippen LogP contribution in [0.4, 0.5) is 0 Å². The fourth-order valence-corrected chi connectivity index (χ4v) is 4.00. The van der Waals surface area contributed by atoms with Crippen LogP contribution in [0.3, 0.4) is 0 Å². The van der Waals surface area contributed by atoms with Crippen molar-refractivity contribution in [3.63, 3.8) is 0 Å². The number of aromatic carboxylic acids is 1. The number of hydrogen-bond acceptors (Lipinski definition) is 4. The largest absolute Gasteiger partial charge is 0.475 e. The molecule has 2 unspecified atom stereocenters. The Labute approximate surface area is 113 Å². The van der Waals surface area contributed by atoms with Crippen LogP contribution in [0.2, 0.25) is 0 Å². The SMILES string of the molecule is CCC1CC1NS(=O)(=O)c1cc(C(=O)O)oc1Br. The predicted octanol–water partition coefficient (Wildman–Crippen LogP) is 1.82. The third kappa shape index (κ3) is 2.60. The van der Waals surface area contributed by atoms with Gasteiger partial charge < -0.3 is 9.52 Å². The zero-order chi connectivity index (χ0) is 13.5. The first-order valence-corrected chi connectivity index (χ1v) is 7.67. The summed E-state index contributed by atoms with van der Waals surface area (Å²) in [7, 11) is -3.74. The first-order valence-electron chi connectivity index (χ1n) is 5.40. The highest BCUT2D eigenvalue weighted by molar-refractivity contribution is 9.10. The molecule has 1 fully saturated rings. The minimum Gasteiger partial charge on any atom is -0.475 e. The summed E-state index contributed by atoms with van der Waals surface area (Å²) in [5.41, 5.74) is 0. The molecule has 1 aliphatic carbocycles. The summed E-state index contributed by atoms with van der Waals surface area (Å²) in [6.07, 6.45) is 1.73. The second-order valence-electron chi connectivity index (χ2n) is 4.19. The van der Waals surface area contributed by atoms with Gasteiger partial charge in [-0.25, -0.2) is 17.9 Å². The average Bonchev–Trinajstić information content (AvgIpc) is 2.87. The molecule has 2 N–H and O–H groups in total. The molecule has 1 heterocycles. The van der Waals surface area contributed by atoms with Crippen molar-refractivity contribution in [2.24, 2.45) is 5.92 Å². The summed E-state index contributed by atoms with van der Waals surface area (Å²) in [5.74, 6) is -1.36. The van der Waals surface area contributed by atoms with Gasteiger partial charge in [0.25, 0.3) is 0 Å². The van der Waals surface area contributed by atoms with Crippen LogP contribution in [0.15, 0.2) is 20.0 Å². The second kappa shape index (κ2) is 4.67. The highest BCUT2D eigenvalue weighted by Gasteiger charge is 2.39. The maximum atomic E-state index is 12.0. The lowest BCUT2D eigenvalue weighted by molar-refractivity contribution is 0.0661. The Hall–Kier alpha value is -0.860. The average molecular weight is 338 g/mol. The third-order valence-electron chi connectivity index (χ3n) is 2.91. The lowest BCUT2D eigenvalue weighted by Crippen LogP contribution is -2.27. The van der Waals surface area contributed by atoms with Gasteiger partial charge in [0, 0.05) is 12.1 Å². The molecule has 1 saturated carbocycles. The van der Waals surface area contributed by atoms with E-state index in [1.165, 1.54) is 0 Å². The van der Waals surface area contributed by atoms with Crippen molar-refractivity contribution in [3.8, 4) is 0 Å². The molecule has 0 aliphatic heterocycles. The van der Waals surface area contributed by atoms with E-state index in [2.05, 4.69) is 20.7 Å². The highest BCUT2D eigenvalue weighted by Crippen LogP contribution is 2.35. The van der Waals surface area contributed by atoms with Gasteiger partial charge in [-0.3, -0.25) is 0 Å². The highest BCUT2D eigenvalue weighted by atomic mass is 79.9. The van der Waals surface area contributed by atoms with Gasteiger partial charge in [-0.05, 0) is 28.3 Å². The zero-order valence-electron chi connectivity index (χ0n) is 9.51. The van der Waals surface area contributed by atoms with Gasteiger partial charge in [0.1, 0.15) is 4.90 Å². The van der Waals surface area contributed by atoms with E-state index < -0.39 is 21.8 Å². The van der Waals surface area contributed by atoms with Gasteiger partial charge in [-0.1, -0.05) is 13.3 Å². The smallest absolute Gasteiger partial charge is 0.371 e. The maximum absolute atomic E-state index is 12.0. The van der Waals surface area contributed by atoms with Crippen LogP contribution < -0.4 is 4.72 Å². The fraction of sp³-hybridized carbons (Fsp3) is 0.500. The molecule has 2 atom stereocenters. The van der Waals surface area contributed by atoms with Crippen LogP contribution in [0, 0.1) is 5.92 Å². The molecule has 0 aromatic carbocycles. The van der Waals surface area contributed by atoms with E-state index in [4.69, 9.17) is 9.52 Å². The molecule has 1 aromatic heterocycles. The van der Waals surface area contributed by atoms with Crippen molar-refractivity contribution in [1.29, 1.82) is 0 Å². The van der Waals surface area contributed by atoms with Gasteiger partial charge in [0.05, 0.1) is 0 Å². The third-order valence-corrected chi connectivity index (χ3v) is 5.26. The van der Waals surface area contributed by atoms with Crippen molar-refractivity contribution in [2.75, 3.05) is 0 Å². The molecular weight excluding hydrogens is 326 g/mol. The lowest BCUT2D eigenvalue weighted by Gasteiger charge is -2.03. The molecular formula is C10H12BrNO5S. The summed E-state index contributed by atoms with van der Waals surface area (Å²) in [6.45, 7) is 2.00. The minimum absolute atomic E-state index is 0.0601. The Morgan fingerprint density at radius 3 is 2.78 bits per heavy atom. The normalized spacial score (nSPS) is 23.0. The Bertz CT molecular complexity index is 579. The topological polar surface area (TPSA) is 96.6 Å². The van der Waals surface area contributed by atoms with Gasteiger partial charge in [0.2, 0.25) is 15.8 Å². The van der Waals surface area contributed by atoms with Crippen molar-refractivity contribution < 1.29 is 22.7 Å². The van der Waals surface area contributed by atoms with E-state index in [1.54, 1.807) is 0 Å². The van der Waals surface area contributed by atoms with Crippen LogP contribution in [-0.4, -0.2) is 25.5 Å². The van der Waals surface area contributed by atoms with E-state index in [9.17, 15) is 13.2 Å². The zero-order valence-corrected chi connectivity index (χ0v) is 11.9. The summed E-state index contributed by atoms with van der Waals surface area (Å²) < 4.78 is 31.3. The molecule has 1 aromatic rings. The molecule has 0 amide bonds. The fourth-order valence-electron chi connectivity index (χ4n) is 1.75. The van der Waals surface area contributed by atoms with E-state index in [0.717, 1.165) is 18.9 Å². The first-order chi connectivity index (χ1) is 8.35. The molecule has 100 valence electrons. The summed E-state index contributed by atoms with van der Waals surface area (Å²) in [4.78, 5) is 10.5. The molecule has 0 radical (unpaired) electrons. The van der Waals surface area contributed by atoms with Crippen LogP contribution in [0.25, 0.3) is 0 Å². The Balaban J connectivity index is 2.22. The Morgan fingerprint density at radius 1 is 1.67 bits per heavy atom. The van der Waals surface area contributed by atoms with Crippen LogP contribution >= 0.6 is 15.9 Å². The number of sulfonamides is 1. The number of halogens is 1. The summed E-state index contributed by atoms with van der Waals surface area (Å²) in [6, 6.07) is 0.938. The quantitative estimate of drug-likeness (QED) is 0.854. The summed E-state index contributed by atoms with van der Waals surface area (Å²) >= 11 is 2.91. The molecule has 0 saturated heterocycles. The number of carboxylic acids is 1. The van der Waals surface area contributed by atoms with Crippen molar-refractivity contribution in [3.05, 3.63) is 16.5 Å². The van der Waals surface area contributed by atoms with E-state index in [-0.39, 0.29) is 15.6 Å². The number of rotatable bonds is 5. The number of carbonyl (C=O) groups is 1. The summed E-state index contributed by atoms with van der Waals surface area (Å²) in [5, 5.41) is 8.73. The minimum atomic E-state index is -3.74. The monoisotopic (exact) mass is 337 g/mol. The van der Waals surface area contributed by atoms with Gasteiger partial charge in [-0.15, -0.1) is 0 Å². The van der Waals surface area contributed by atoms with E-state index in [0.29, 0.717) is 5.92 Å². The van der Waals surface area contributed by atoms with Crippen molar-refractivity contribution in [2.45, 2.75) is 30.7 Å². The standard InChI is InChI=1S/C10H12BrNO5S/c1-2-5-3-6(5)12-18(15,16)8-4-7(10(13)14)17-9(8)11/h4-6,12H,2-3H2,1H3,(H,13,14). The Kier molecular flexibility index (Phi) is 3.52. The molecule has 0 bridgehead atoms. The molecule has 6 nitrogen and oxygen atoms in total. The Morgan fingerprint density at radius 2 is 2.33 bits per heavy atom. The van der Waals surface area contributed by atoms with Gasteiger partial charge in [0.15, 0.2) is 4.67 Å². The molecule has 18 heavy (non-hydrogen) atoms. The first kappa shape index (κ1) is 13.6. The number of hydrogen-bond donors (Lipinski definition) is 2. The van der Waals surface area contributed by atoms with Gasteiger partial charge >= 0.3 is 5.97 Å². The predicted molar refractivity (Wildman–Crippen MR) is 65.9 cm³/mol. The molecule has 0 spiro atoms. The van der Waals surface area contributed by atoms with Crippen LogP contribution in [-0.2, 0) is 10.0 Å². The molecule has 1 aliphatic rings. The van der Waals surface area contributed by atoms with Crippen LogP contribution in [0.1, 0.15) is 30.3 Å². The van der Waals surface area contributed by atoms with Gasteiger partial charge in [-0.2, -0.15) is 0 Å². The maximum Gasteiger partial charge on any atom is 0.371 e. The van der Waals surface area contributed by atoms with E-state index in [1.807, 2.05) is 6.92 Å². The van der Waals surface area contributed by atoms with Crippen molar-refractivity contribution >= 4 is 31.9 Å². The van der Waals surface area contributed by atoms with Crippen LogP contribution in [0.5, 0.6) is 0 Å². The second-order valence-corrected chi connectivity index (χ2v) is 6.59. The molecule has 2 rings (SSSR count). The number of carboxylic acid groups (broad SMARTS) is 1. The lowest BCUT2D eigenvalue weighted by atomic mass is 10.3. The van der Waals surface area contributed by atoms with Crippen molar-refractivity contribution in [1.82, 2.24) is 4.72 Å². The molecule has 8 heteroatoms. The number of furan rings is 1.